The zero-order valence-electron chi connectivity index (χ0n) is 11.0. The molecule has 0 saturated carbocycles. The van der Waals surface area contributed by atoms with Crippen LogP contribution in [-0.2, 0) is 0 Å². The number of nitrogens with two attached hydrogens (primary N) is 1. The molecule has 96 valence electrons. The normalized spacial score (nSPS) is 12.2. The van der Waals surface area contributed by atoms with E-state index in [0.717, 1.165) is 30.1 Å². The van der Waals surface area contributed by atoms with Gasteiger partial charge in [0, 0.05) is 6.04 Å². The van der Waals surface area contributed by atoms with E-state index in [2.05, 4.69) is 6.92 Å². The van der Waals surface area contributed by atoms with E-state index >= 15 is 0 Å². The highest BCUT2D eigenvalue weighted by molar-refractivity contribution is 5.46. The minimum Gasteiger partial charge on any atom is -0.496 e. The van der Waals surface area contributed by atoms with Gasteiger partial charge in [0.2, 0.25) is 0 Å². The Bertz CT molecular complexity index is 337. The van der Waals surface area contributed by atoms with Crippen LogP contribution in [0.25, 0.3) is 0 Å². The lowest BCUT2D eigenvalue weighted by Crippen LogP contribution is -2.10. The van der Waals surface area contributed by atoms with E-state index in [1.165, 1.54) is 12.8 Å². The third kappa shape index (κ3) is 3.93. The zero-order valence-corrected chi connectivity index (χ0v) is 11.0. The van der Waals surface area contributed by atoms with Crippen LogP contribution in [0.4, 0.5) is 0 Å². The number of hydrogen-bond acceptors (Lipinski definition) is 3. The average Bonchev–Trinajstić information content (AvgIpc) is 2.33. The van der Waals surface area contributed by atoms with E-state index in [9.17, 15) is 0 Å². The fourth-order valence-corrected chi connectivity index (χ4v) is 1.81. The van der Waals surface area contributed by atoms with Crippen molar-refractivity contribution in [3.05, 3.63) is 23.8 Å². The summed E-state index contributed by atoms with van der Waals surface area (Å²) in [5.74, 6) is 1.64. The van der Waals surface area contributed by atoms with Gasteiger partial charge in [0.05, 0.1) is 19.3 Å². The predicted octanol–water partition coefficient (Wildman–Crippen LogP) is 3.28. The van der Waals surface area contributed by atoms with Gasteiger partial charge in [-0.25, -0.2) is 0 Å². The van der Waals surface area contributed by atoms with Gasteiger partial charge in [0.15, 0.2) is 0 Å². The van der Waals surface area contributed by atoms with Crippen molar-refractivity contribution in [3.63, 3.8) is 0 Å². The molecule has 0 aliphatic rings. The molecule has 0 fully saturated rings. The van der Waals surface area contributed by atoms with Crippen molar-refractivity contribution in [1.29, 1.82) is 0 Å². The number of benzene rings is 1. The molecule has 1 aromatic rings. The van der Waals surface area contributed by atoms with Crippen LogP contribution in [0.15, 0.2) is 18.2 Å². The maximum absolute atomic E-state index is 5.96. The SMILES string of the molecule is CCCCCOc1cccc(OC)c1[C@H](C)N. The van der Waals surface area contributed by atoms with E-state index in [1.807, 2.05) is 25.1 Å². The molecule has 0 heterocycles. The molecule has 1 atom stereocenters. The molecule has 0 unspecified atom stereocenters. The van der Waals surface area contributed by atoms with Crippen LogP contribution >= 0.6 is 0 Å². The summed E-state index contributed by atoms with van der Waals surface area (Å²) in [5, 5.41) is 0. The van der Waals surface area contributed by atoms with Crippen LogP contribution in [0.3, 0.4) is 0 Å². The highest BCUT2D eigenvalue weighted by Gasteiger charge is 2.13. The monoisotopic (exact) mass is 237 g/mol. The molecular weight excluding hydrogens is 214 g/mol. The minimum absolute atomic E-state index is 0.0904. The highest BCUT2D eigenvalue weighted by Crippen LogP contribution is 2.32. The summed E-state index contributed by atoms with van der Waals surface area (Å²) >= 11 is 0. The molecule has 1 rings (SSSR count). The maximum Gasteiger partial charge on any atom is 0.127 e. The quantitative estimate of drug-likeness (QED) is 0.740. The van der Waals surface area contributed by atoms with Gasteiger partial charge in [-0.1, -0.05) is 25.8 Å². The summed E-state index contributed by atoms with van der Waals surface area (Å²) in [6.45, 7) is 4.86. The summed E-state index contributed by atoms with van der Waals surface area (Å²) in [5.41, 5.74) is 6.91. The van der Waals surface area contributed by atoms with Crippen molar-refractivity contribution in [3.8, 4) is 11.5 Å². The van der Waals surface area contributed by atoms with Crippen molar-refractivity contribution < 1.29 is 9.47 Å². The topological polar surface area (TPSA) is 44.5 Å². The highest BCUT2D eigenvalue weighted by atomic mass is 16.5. The Kier molecular flexibility index (Phi) is 5.84. The number of methoxy groups -OCH3 is 1. The van der Waals surface area contributed by atoms with Gasteiger partial charge in [-0.05, 0) is 25.5 Å². The van der Waals surface area contributed by atoms with E-state index in [0.29, 0.717) is 0 Å². The summed E-state index contributed by atoms with van der Waals surface area (Å²) in [6, 6.07) is 5.71. The van der Waals surface area contributed by atoms with Gasteiger partial charge in [0.25, 0.3) is 0 Å². The summed E-state index contributed by atoms with van der Waals surface area (Å²) < 4.78 is 11.1. The molecule has 0 aromatic heterocycles. The standard InChI is InChI=1S/C14H23NO2/c1-4-5-6-10-17-13-9-7-8-12(16-3)14(13)11(2)15/h7-9,11H,4-6,10,15H2,1-3H3/t11-/m0/s1. The van der Waals surface area contributed by atoms with Crippen molar-refractivity contribution >= 4 is 0 Å². The molecule has 2 N–H and O–H groups in total. The molecule has 17 heavy (non-hydrogen) atoms. The number of hydrogen-bond donors (Lipinski definition) is 1. The van der Waals surface area contributed by atoms with Crippen LogP contribution in [-0.4, -0.2) is 13.7 Å². The molecule has 0 bridgehead atoms. The van der Waals surface area contributed by atoms with Gasteiger partial charge in [0.1, 0.15) is 11.5 Å². The molecule has 0 radical (unpaired) electrons. The van der Waals surface area contributed by atoms with Gasteiger partial charge < -0.3 is 15.2 Å². The van der Waals surface area contributed by atoms with Gasteiger partial charge in [-0.3, -0.25) is 0 Å². The Morgan fingerprint density at radius 1 is 1.24 bits per heavy atom. The van der Waals surface area contributed by atoms with Crippen LogP contribution in [0.2, 0.25) is 0 Å². The lowest BCUT2D eigenvalue weighted by atomic mass is 10.1. The Morgan fingerprint density at radius 2 is 1.94 bits per heavy atom. The van der Waals surface area contributed by atoms with Crippen LogP contribution in [0.1, 0.15) is 44.7 Å². The molecule has 0 spiro atoms. The fraction of sp³-hybridized carbons (Fsp3) is 0.571. The average molecular weight is 237 g/mol. The largest absolute Gasteiger partial charge is 0.496 e. The summed E-state index contributed by atoms with van der Waals surface area (Å²) in [4.78, 5) is 0. The molecule has 0 aliphatic carbocycles. The second-order valence-corrected chi connectivity index (χ2v) is 4.22. The Hall–Kier alpha value is -1.22. The lowest BCUT2D eigenvalue weighted by molar-refractivity contribution is 0.298. The second kappa shape index (κ2) is 7.17. The summed E-state index contributed by atoms with van der Waals surface area (Å²) in [6.07, 6.45) is 3.46. The zero-order chi connectivity index (χ0) is 12.7. The molecule has 3 heteroatoms. The van der Waals surface area contributed by atoms with E-state index in [1.54, 1.807) is 7.11 Å². The lowest BCUT2D eigenvalue weighted by Gasteiger charge is -2.17. The third-order valence-corrected chi connectivity index (χ3v) is 2.71. The van der Waals surface area contributed by atoms with Crippen molar-refractivity contribution in [1.82, 2.24) is 0 Å². The first-order valence-electron chi connectivity index (χ1n) is 6.26. The van der Waals surface area contributed by atoms with Gasteiger partial charge in [-0.2, -0.15) is 0 Å². The number of rotatable bonds is 7. The smallest absolute Gasteiger partial charge is 0.127 e. The Labute approximate surface area is 104 Å². The fourth-order valence-electron chi connectivity index (χ4n) is 1.81. The molecule has 3 nitrogen and oxygen atoms in total. The van der Waals surface area contributed by atoms with Crippen LogP contribution in [0, 0.1) is 0 Å². The summed E-state index contributed by atoms with van der Waals surface area (Å²) in [7, 11) is 1.65. The first-order valence-corrected chi connectivity index (χ1v) is 6.26. The van der Waals surface area contributed by atoms with Crippen LogP contribution in [0.5, 0.6) is 11.5 Å². The second-order valence-electron chi connectivity index (χ2n) is 4.22. The van der Waals surface area contributed by atoms with E-state index < -0.39 is 0 Å². The molecule has 1 aromatic carbocycles. The predicted molar refractivity (Wildman–Crippen MR) is 70.6 cm³/mol. The molecule has 0 saturated heterocycles. The minimum atomic E-state index is -0.0904. The molecule has 0 aliphatic heterocycles. The van der Waals surface area contributed by atoms with Crippen LogP contribution < -0.4 is 15.2 Å². The Balaban J connectivity index is 2.76. The Morgan fingerprint density at radius 3 is 2.53 bits per heavy atom. The first-order chi connectivity index (χ1) is 8.20. The maximum atomic E-state index is 5.96. The molecule has 0 amide bonds. The van der Waals surface area contributed by atoms with E-state index in [4.69, 9.17) is 15.2 Å². The molecular formula is C14H23NO2. The van der Waals surface area contributed by atoms with Gasteiger partial charge >= 0.3 is 0 Å². The third-order valence-electron chi connectivity index (χ3n) is 2.71. The van der Waals surface area contributed by atoms with Gasteiger partial charge in [-0.15, -0.1) is 0 Å². The number of ether oxygens (including phenoxy) is 2. The van der Waals surface area contributed by atoms with Crippen molar-refractivity contribution in [2.45, 2.75) is 39.2 Å². The van der Waals surface area contributed by atoms with E-state index in [-0.39, 0.29) is 6.04 Å². The number of unbranched alkanes of at least 4 members (excludes halogenated alkanes) is 2. The van der Waals surface area contributed by atoms with Crippen molar-refractivity contribution in [2.75, 3.05) is 13.7 Å². The first kappa shape index (κ1) is 13.8. The van der Waals surface area contributed by atoms with Crippen molar-refractivity contribution in [2.24, 2.45) is 5.73 Å².